The summed E-state index contributed by atoms with van der Waals surface area (Å²) >= 11 is 6.63. The van der Waals surface area contributed by atoms with Crippen LogP contribution in [-0.4, -0.2) is 49.6 Å². The van der Waals surface area contributed by atoms with Gasteiger partial charge < -0.3 is 25.8 Å². The van der Waals surface area contributed by atoms with Gasteiger partial charge in [-0.3, -0.25) is 4.90 Å². The molecule has 4 rings (SSSR count). The molecular formula is C35H45ClN4O2. The fourth-order valence-corrected chi connectivity index (χ4v) is 5.75. The van der Waals surface area contributed by atoms with Gasteiger partial charge in [-0.05, 0) is 123 Å². The molecule has 4 N–H and O–H groups in total. The van der Waals surface area contributed by atoms with Crippen molar-refractivity contribution in [1.82, 2.24) is 9.80 Å². The first-order chi connectivity index (χ1) is 20.4. The average molecular weight is 589 g/mol. The summed E-state index contributed by atoms with van der Waals surface area (Å²) in [5.41, 5.74) is 19.1. The number of ether oxygens (including phenoxy) is 2. The molecule has 0 unspecified atom stereocenters. The SMILES string of the molecule is Cc1c(COc2ccc(CN(C)C/C(N)=C/C=C\N)cc2Cl)cccc1-c1cccc(OCCCN2CCCC2)c1C. The van der Waals surface area contributed by atoms with Crippen molar-refractivity contribution >= 4 is 11.6 Å². The minimum atomic E-state index is 0.431. The van der Waals surface area contributed by atoms with Crippen LogP contribution in [0.1, 0.15) is 41.5 Å². The highest BCUT2D eigenvalue weighted by Crippen LogP contribution is 2.34. The van der Waals surface area contributed by atoms with E-state index in [0.29, 0.717) is 30.5 Å². The lowest BCUT2D eigenvalue weighted by Crippen LogP contribution is -2.23. The van der Waals surface area contributed by atoms with Gasteiger partial charge in [0, 0.05) is 25.3 Å². The largest absolute Gasteiger partial charge is 0.493 e. The number of hydrogen-bond acceptors (Lipinski definition) is 6. The van der Waals surface area contributed by atoms with Gasteiger partial charge in [0.05, 0.1) is 11.6 Å². The van der Waals surface area contributed by atoms with E-state index in [1.165, 1.54) is 48.8 Å². The number of allylic oxidation sites excluding steroid dienone is 2. The third-order valence-corrected chi connectivity index (χ3v) is 8.10. The van der Waals surface area contributed by atoms with Crippen LogP contribution in [0.2, 0.25) is 5.02 Å². The highest BCUT2D eigenvalue weighted by Gasteiger charge is 2.14. The Morgan fingerprint density at radius 3 is 2.45 bits per heavy atom. The zero-order chi connectivity index (χ0) is 29.9. The molecule has 0 radical (unpaired) electrons. The fraction of sp³-hybridized carbons (Fsp3) is 0.371. The van der Waals surface area contributed by atoms with E-state index in [1.54, 1.807) is 12.2 Å². The van der Waals surface area contributed by atoms with Crippen LogP contribution >= 0.6 is 11.6 Å². The van der Waals surface area contributed by atoms with E-state index in [1.807, 2.05) is 25.2 Å². The molecule has 0 atom stereocenters. The summed E-state index contributed by atoms with van der Waals surface area (Å²) in [6.07, 6.45) is 8.71. The van der Waals surface area contributed by atoms with Crippen molar-refractivity contribution in [2.24, 2.45) is 11.5 Å². The Hall–Kier alpha value is -3.45. The average Bonchev–Trinajstić information content (AvgIpc) is 3.49. The van der Waals surface area contributed by atoms with Gasteiger partial charge in [0.1, 0.15) is 18.1 Å². The van der Waals surface area contributed by atoms with Gasteiger partial charge in [-0.1, -0.05) is 48.0 Å². The molecule has 0 spiro atoms. The molecule has 1 aliphatic rings. The number of hydrogen-bond donors (Lipinski definition) is 2. The number of nitrogens with zero attached hydrogens (tertiary/aromatic N) is 2. The molecule has 3 aromatic carbocycles. The quantitative estimate of drug-likeness (QED) is 0.159. The van der Waals surface area contributed by atoms with Crippen molar-refractivity contribution < 1.29 is 9.47 Å². The second-order valence-corrected chi connectivity index (χ2v) is 11.5. The molecule has 224 valence electrons. The minimum absolute atomic E-state index is 0.431. The Kier molecular flexibility index (Phi) is 11.8. The lowest BCUT2D eigenvalue weighted by atomic mass is 9.93. The van der Waals surface area contributed by atoms with Crippen LogP contribution in [0, 0.1) is 13.8 Å². The van der Waals surface area contributed by atoms with Gasteiger partial charge in [-0.25, -0.2) is 0 Å². The normalized spacial score (nSPS) is 14.3. The van der Waals surface area contributed by atoms with Gasteiger partial charge in [0.2, 0.25) is 0 Å². The molecule has 42 heavy (non-hydrogen) atoms. The summed E-state index contributed by atoms with van der Waals surface area (Å²) in [4.78, 5) is 4.65. The van der Waals surface area contributed by atoms with E-state index in [4.69, 9.17) is 32.5 Å². The molecule has 3 aromatic rings. The van der Waals surface area contributed by atoms with Crippen molar-refractivity contribution in [2.45, 2.75) is 46.3 Å². The molecular weight excluding hydrogens is 544 g/mol. The van der Waals surface area contributed by atoms with E-state index >= 15 is 0 Å². The van der Waals surface area contributed by atoms with Crippen LogP contribution in [0.25, 0.3) is 11.1 Å². The Morgan fingerprint density at radius 1 is 0.976 bits per heavy atom. The van der Waals surface area contributed by atoms with Crippen molar-refractivity contribution in [1.29, 1.82) is 0 Å². The van der Waals surface area contributed by atoms with Crippen LogP contribution < -0.4 is 20.9 Å². The molecule has 0 aromatic heterocycles. The van der Waals surface area contributed by atoms with E-state index in [-0.39, 0.29) is 0 Å². The number of halogens is 1. The van der Waals surface area contributed by atoms with Crippen LogP contribution in [-0.2, 0) is 13.2 Å². The standard InChI is InChI=1S/C35H45ClN4O2/c1-26-29(25-42-35-16-15-28(22-33(35)36)23-39(3)24-30(38)11-8-17-37)10-6-12-31(26)32-13-7-14-34(27(32)2)41-21-9-20-40-18-4-5-19-40/h6-8,10-17,22H,4-5,9,18-21,23-25,37-38H2,1-3H3/b17-8-,30-11-. The monoisotopic (exact) mass is 588 g/mol. The van der Waals surface area contributed by atoms with Crippen LogP contribution in [0.4, 0.5) is 0 Å². The molecule has 0 aliphatic carbocycles. The maximum atomic E-state index is 6.63. The number of benzene rings is 3. The molecule has 0 saturated carbocycles. The smallest absolute Gasteiger partial charge is 0.138 e. The molecule has 1 saturated heterocycles. The van der Waals surface area contributed by atoms with Gasteiger partial charge in [0.25, 0.3) is 0 Å². The van der Waals surface area contributed by atoms with Crippen LogP contribution in [0.3, 0.4) is 0 Å². The summed E-state index contributed by atoms with van der Waals surface area (Å²) in [7, 11) is 2.01. The Bertz CT molecular complexity index is 1380. The first kappa shape index (κ1) is 31.5. The second-order valence-electron chi connectivity index (χ2n) is 11.1. The minimum Gasteiger partial charge on any atom is -0.493 e. The van der Waals surface area contributed by atoms with E-state index in [9.17, 15) is 0 Å². The van der Waals surface area contributed by atoms with Crippen molar-refractivity contribution in [3.05, 3.63) is 106 Å². The number of likely N-dealkylation sites (N-methyl/N-ethyl adjacent to an activating group) is 1. The number of rotatable bonds is 14. The second kappa shape index (κ2) is 15.7. The van der Waals surface area contributed by atoms with Gasteiger partial charge >= 0.3 is 0 Å². The summed E-state index contributed by atoms with van der Waals surface area (Å²) in [6.45, 7) is 10.4. The number of nitrogens with two attached hydrogens (primary N) is 2. The predicted octanol–water partition coefficient (Wildman–Crippen LogP) is 6.81. The highest BCUT2D eigenvalue weighted by molar-refractivity contribution is 6.32. The van der Waals surface area contributed by atoms with Crippen molar-refractivity contribution in [3.8, 4) is 22.6 Å². The van der Waals surface area contributed by atoms with Crippen LogP contribution in [0.15, 0.2) is 78.6 Å². The summed E-state index contributed by atoms with van der Waals surface area (Å²) in [5, 5.41) is 0.592. The molecule has 1 aliphatic heterocycles. The molecule has 7 heteroatoms. The summed E-state index contributed by atoms with van der Waals surface area (Å²) in [5.74, 6) is 1.62. The third kappa shape index (κ3) is 8.78. The molecule has 0 amide bonds. The van der Waals surface area contributed by atoms with E-state index in [0.717, 1.165) is 47.7 Å². The lowest BCUT2D eigenvalue weighted by molar-refractivity contribution is 0.262. The summed E-state index contributed by atoms with van der Waals surface area (Å²) < 4.78 is 12.4. The van der Waals surface area contributed by atoms with E-state index in [2.05, 4.69) is 60.0 Å². The predicted molar refractivity (Wildman–Crippen MR) is 175 cm³/mol. The zero-order valence-electron chi connectivity index (χ0n) is 25.2. The zero-order valence-corrected chi connectivity index (χ0v) is 26.0. The van der Waals surface area contributed by atoms with Gasteiger partial charge in [-0.15, -0.1) is 0 Å². The van der Waals surface area contributed by atoms with Crippen LogP contribution in [0.5, 0.6) is 11.5 Å². The number of likely N-dealkylation sites (tertiary alicyclic amines) is 1. The highest BCUT2D eigenvalue weighted by atomic mass is 35.5. The topological polar surface area (TPSA) is 77.0 Å². The van der Waals surface area contributed by atoms with Crippen molar-refractivity contribution in [2.75, 3.05) is 39.8 Å². The Morgan fingerprint density at radius 2 is 1.71 bits per heavy atom. The fourth-order valence-electron chi connectivity index (χ4n) is 5.50. The third-order valence-electron chi connectivity index (χ3n) is 7.80. The van der Waals surface area contributed by atoms with Crippen molar-refractivity contribution in [3.63, 3.8) is 0 Å². The molecule has 0 bridgehead atoms. The molecule has 1 heterocycles. The summed E-state index contributed by atoms with van der Waals surface area (Å²) in [6, 6.07) is 18.6. The molecule has 1 fully saturated rings. The maximum Gasteiger partial charge on any atom is 0.138 e. The first-order valence-electron chi connectivity index (χ1n) is 14.8. The Labute approximate surface area is 256 Å². The van der Waals surface area contributed by atoms with Gasteiger partial charge in [-0.2, -0.15) is 0 Å². The lowest BCUT2D eigenvalue weighted by Gasteiger charge is -2.18. The van der Waals surface area contributed by atoms with Gasteiger partial charge in [0.15, 0.2) is 0 Å². The Balaban J connectivity index is 1.37. The van der Waals surface area contributed by atoms with E-state index < -0.39 is 0 Å². The first-order valence-corrected chi connectivity index (χ1v) is 15.2. The molecule has 6 nitrogen and oxygen atoms in total. The maximum absolute atomic E-state index is 6.63.